The molecule has 0 spiro atoms. The number of aromatic nitrogens is 2. The van der Waals surface area contributed by atoms with Crippen molar-refractivity contribution in [3.8, 4) is 0 Å². The molecule has 27 heavy (non-hydrogen) atoms. The fourth-order valence-corrected chi connectivity index (χ4v) is 3.36. The maximum absolute atomic E-state index is 12.5. The number of carbonyl (C=O) groups is 2. The van der Waals surface area contributed by atoms with Crippen LogP contribution < -0.4 is 10.2 Å². The van der Waals surface area contributed by atoms with Crippen molar-refractivity contribution in [3.05, 3.63) is 30.0 Å². The molecule has 1 aliphatic heterocycles. The SMILES string of the molecule is CCOC(=O)c1nnc2ccccc2c1N1CCCC(NC(=O)C(C)C)C1. The van der Waals surface area contributed by atoms with Crippen molar-refractivity contribution in [3.63, 3.8) is 0 Å². The second-order valence-electron chi connectivity index (χ2n) is 7.08. The standard InChI is InChI=1S/C20H26N4O3/c1-4-27-20(26)17-18(15-9-5-6-10-16(15)22-23-17)24-11-7-8-14(12-24)21-19(25)13(2)3/h5-6,9-10,13-14H,4,7-8,11-12H2,1-3H3,(H,21,25). The van der Waals surface area contributed by atoms with Crippen molar-refractivity contribution >= 4 is 28.5 Å². The molecule has 1 fully saturated rings. The molecule has 1 aromatic carbocycles. The highest BCUT2D eigenvalue weighted by Gasteiger charge is 2.28. The van der Waals surface area contributed by atoms with Crippen LogP contribution in [0.1, 0.15) is 44.1 Å². The average Bonchev–Trinajstić information content (AvgIpc) is 2.67. The maximum atomic E-state index is 12.5. The molecule has 0 aliphatic carbocycles. The number of carbonyl (C=O) groups excluding carboxylic acids is 2. The number of esters is 1. The fourth-order valence-electron chi connectivity index (χ4n) is 3.36. The Hall–Kier alpha value is -2.70. The summed E-state index contributed by atoms with van der Waals surface area (Å²) in [5.74, 6) is -0.483. The van der Waals surface area contributed by atoms with Crippen molar-refractivity contribution in [2.24, 2.45) is 5.92 Å². The van der Waals surface area contributed by atoms with Crippen molar-refractivity contribution in [2.75, 3.05) is 24.6 Å². The van der Waals surface area contributed by atoms with Crippen LogP contribution >= 0.6 is 0 Å². The molecule has 1 N–H and O–H groups in total. The molecule has 7 heteroatoms. The zero-order valence-electron chi connectivity index (χ0n) is 16.1. The largest absolute Gasteiger partial charge is 0.461 e. The van der Waals surface area contributed by atoms with E-state index in [-0.39, 0.29) is 30.2 Å². The highest BCUT2D eigenvalue weighted by molar-refractivity contribution is 6.03. The van der Waals surface area contributed by atoms with E-state index >= 15 is 0 Å². The van der Waals surface area contributed by atoms with Gasteiger partial charge < -0.3 is 15.0 Å². The van der Waals surface area contributed by atoms with Crippen molar-refractivity contribution in [2.45, 2.75) is 39.7 Å². The summed E-state index contributed by atoms with van der Waals surface area (Å²) in [5.41, 5.74) is 1.70. The van der Waals surface area contributed by atoms with E-state index in [0.717, 1.165) is 36.0 Å². The molecule has 1 amide bonds. The Morgan fingerprint density at radius 1 is 1.30 bits per heavy atom. The van der Waals surface area contributed by atoms with Crippen LogP contribution in [0.2, 0.25) is 0 Å². The second-order valence-corrected chi connectivity index (χ2v) is 7.08. The molecule has 0 radical (unpaired) electrons. The summed E-state index contributed by atoms with van der Waals surface area (Å²) in [5, 5.41) is 12.3. The number of piperidine rings is 1. The van der Waals surface area contributed by atoms with Crippen molar-refractivity contribution in [1.29, 1.82) is 0 Å². The number of hydrogen-bond donors (Lipinski definition) is 1. The first-order valence-corrected chi connectivity index (χ1v) is 9.49. The van der Waals surface area contributed by atoms with Crippen LogP contribution in [0.3, 0.4) is 0 Å². The number of nitrogens with zero attached hydrogens (tertiary/aromatic N) is 3. The van der Waals surface area contributed by atoms with Crippen LogP contribution in [0, 0.1) is 5.92 Å². The minimum absolute atomic E-state index is 0.0376. The first kappa shape index (κ1) is 19.1. The number of ether oxygens (including phenoxy) is 1. The molecule has 1 saturated heterocycles. The van der Waals surface area contributed by atoms with Gasteiger partial charge in [0.15, 0.2) is 5.69 Å². The van der Waals surface area contributed by atoms with Gasteiger partial charge in [0.05, 0.1) is 17.8 Å². The Labute approximate surface area is 159 Å². The Morgan fingerprint density at radius 2 is 2.07 bits per heavy atom. The van der Waals surface area contributed by atoms with Gasteiger partial charge in [-0.3, -0.25) is 4.79 Å². The number of hydrogen-bond acceptors (Lipinski definition) is 6. The number of benzene rings is 1. The topological polar surface area (TPSA) is 84.4 Å². The smallest absolute Gasteiger partial charge is 0.361 e. The van der Waals surface area contributed by atoms with E-state index in [0.29, 0.717) is 6.54 Å². The Kier molecular flexibility index (Phi) is 5.88. The van der Waals surface area contributed by atoms with E-state index < -0.39 is 5.97 Å². The molecule has 144 valence electrons. The lowest BCUT2D eigenvalue weighted by atomic mass is 10.0. The third kappa shape index (κ3) is 4.18. The summed E-state index contributed by atoms with van der Waals surface area (Å²) < 4.78 is 5.19. The van der Waals surface area contributed by atoms with Gasteiger partial charge >= 0.3 is 5.97 Å². The molecule has 1 aliphatic rings. The van der Waals surface area contributed by atoms with E-state index in [4.69, 9.17) is 4.74 Å². The van der Waals surface area contributed by atoms with E-state index in [1.807, 2.05) is 38.1 Å². The van der Waals surface area contributed by atoms with Gasteiger partial charge in [-0.2, -0.15) is 0 Å². The average molecular weight is 370 g/mol. The minimum atomic E-state index is -0.473. The fraction of sp³-hybridized carbons (Fsp3) is 0.500. The molecule has 1 atom stereocenters. The van der Waals surface area contributed by atoms with Gasteiger partial charge in [-0.05, 0) is 25.8 Å². The van der Waals surface area contributed by atoms with E-state index in [1.165, 1.54) is 0 Å². The molecule has 0 bridgehead atoms. The summed E-state index contributed by atoms with van der Waals surface area (Å²) in [6.45, 7) is 7.23. The second kappa shape index (κ2) is 8.33. The van der Waals surface area contributed by atoms with E-state index in [1.54, 1.807) is 6.92 Å². The van der Waals surface area contributed by atoms with Crippen LogP contribution in [-0.2, 0) is 9.53 Å². The quantitative estimate of drug-likeness (QED) is 0.814. The first-order chi connectivity index (χ1) is 13.0. The van der Waals surface area contributed by atoms with Gasteiger partial charge in [0.2, 0.25) is 5.91 Å². The zero-order valence-corrected chi connectivity index (χ0v) is 16.1. The molecule has 1 aromatic heterocycles. The Balaban J connectivity index is 1.97. The van der Waals surface area contributed by atoms with E-state index in [9.17, 15) is 9.59 Å². The molecular formula is C20H26N4O3. The number of amides is 1. The number of rotatable bonds is 5. The summed E-state index contributed by atoms with van der Waals surface area (Å²) in [6.07, 6.45) is 1.84. The first-order valence-electron chi connectivity index (χ1n) is 9.49. The van der Waals surface area contributed by atoms with Gasteiger partial charge in [-0.15, -0.1) is 10.2 Å². The lowest BCUT2D eigenvalue weighted by Crippen LogP contribution is -2.49. The molecule has 1 unspecified atom stereocenters. The highest BCUT2D eigenvalue weighted by atomic mass is 16.5. The molecule has 7 nitrogen and oxygen atoms in total. The van der Waals surface area contributed by atoms with Crippen LogP contribution in [-0.4, -0.2) is 47.8 Å². The summed E-state index contributed by atoms with van der Waals surface area (Å²) >= 11 is 0. The number of fused-ring (bicyclic) bond motifs is 1. The van der Waals surface area contributed by atoms with Gasteiger partial charge in [0, 0.05) is 30.4 Å². The molecule has 2 heterocycles. The highest BCUT2D eigenvalue weighted by Crippen LogP contribution is 2.31. The summed E-state index contributed by atoms with van der Waals surface area (Å²) in [6, 6.07) is 7.67. The monoisotopic (exact) mass is 370 g/mol. The molecular weight excluding hydrogens is 344 g/mol. The van der Waals surface area contributed by atoms with Gasteiger partial charge in [0.25, 0.3) is 0 Å². The van der Waals surface area contributed by atoms with Crippen molar-refractivity contribution < 1.29 is 14.3 Å². The molecule has 0 saturated carbocycles. The normalized spacial score (nSPS) is 17.2. The Bertz CT molecular complexity index is 837. The predicted octanol–water partition coefficient (Wildman–Crippen LogP) is 2.55. The summed E-state index contributed by atoms with van der Waals surface area (Å²) in [4.78, 5) is 26.7. The maximum Gasteiger partial charge on any atom is 0.361 e. The lowest BCUT2D eigenvalue weighted by molar-refractivity contribution is -0.124. The number of anilines is 1. The third-order valence-electron chi connectivity index (χ3n) is 4.72. The van der Waals surface area contributed by atoms with Gasteiger partial charge in [-0.25, -0.2) is 4.79 Å². The van der Waals surface area contributed by atoms with E-state index in [2.05, 4.69) is 20.4 Å². The van der Waals surface area contributed by atoms with Crippen molar-refractivity contribution in [1.82, 2.24) is 15.5 Å². The van der Waals surface area contributed by atoms with Gasteiger partial charge in [-0.1, -0.05) is 32.0 Å². The van der Waals surface area contributed by atoms with Crippen LogP contribution in [0.5, 0.6) is 0 Å². The van der Waals surface area contributed by atoms with Crippen LogP contribution in [0.25, 0.3) is 10.9 Å². The Morgan fingerprint density at radius 3 is 2.81 bits per heavy atom. The van der Waals surface area contributed by atoms with Gasteiger partial charge in [0.1, 0.15) is 0 Å². The predicted molar refractivity (Wildman–Crippen MR) is 104 cm³/mol. The number of nitrogens with one attached hydrogen (secondary N) is 1. The third-order valence-corrected chi connectivity index (χ3v) is 4.72. The minimum Gasteiger partial charge on any atom is -0.461 e. The molecule has 3 rings (SSSR count). The van der Waals surface area contributed by atoms with Crippen LogP contribution in [0.4, 0.5) is 5.69 Å². The zero-order chi connectivity index (χ0) is 19.4. The van der Waals surface area contributed by atoms with Crippen LogP contribution in [0.15, 0.2) is 24.3 Å². The summed E-state index contributed by atoms with van der Waals surface area (Å²) in [7, 11) is 0. The lowest BCUT2D eigenvalue weighted by Gasteiger charge is -2.36. The molecule has 2 aromatic rings.